The molecule has 0 saturated carbocycles. The maximum Gasteiger partial charge on any atom is 0.253 e. The van der Waals surface area contributed by atoms with Crippen molar-refractivity contribution in [1.82, 2.24) is 9.88 Å². The van der Waals surface area contributed by atoms with Crippen molar-refractivity contribution in [3.63, 3.8) is 0 Å². The van der Waals surface area contributed by atoms with Gasteiger partial charge in [0.15, 0.2) is 0 Å². The predicted molar refractivity (Wildman–Crippen MR) is 80.8 cm³/mol. The number of amides is 1. The van der Waals surface area contributed by atoms with Gasteiger partial charge in [0.05, 0.1) is 0 Å². The van der Waals surface area contributed by atoms with Gasteiger partial charge >= 0.3 is 0 Å². The molecule has 0 unspecified atom stereocenters. The summed E-state index contributed by atoms with van der Waals surface area (Å²) in [5.41, 5.74) is 2.66. The van der Waals surface area contributed by atoms with Crippen molar-refractivity contribution in [1.29, 1.82) is 0 Å². The third kappa shape index (κ3) is 3.57. The summed E-state index contributed by atoms with van der Waals surface area (Å²) in [6, 6.07) is 13.7. The van der Waals surface area contributed by atoms with Crippen LogP contribution in [0.4, 0.5) is 5.82 Å². The Bertz CT molecular complexity index is 594. The molecule has 0 radical (unpaired) electrons. The molecule has 0 fully saturated rings. The zero-order valence-corrected chi connectivity index (χ0v) is 12.1. The summed E-state index contributed by atoms with van der Waals surface area (Å²) < 4.78 is 0. The fourth-order valence-electron chi connectivity index (χ4n) is 1.93. The Morgan fingerprint density at radius 1 is 1.20 bits per heavy atom. The first-order chi connectivity index (χ1) is 9.56. The lowest BCUT2D eigenvalue weighted by atomic mass is 10.2. The lowest BCUT2D eigenvalue weighted by molar-refractivity contribution is 0.0827. The molecule has 1 heterocycles. The fourth-order valence-corrected chi connectivity index (χ4v) is 1.93. The van der Waals surface area contributed by atoms with Crippen LogP contribution in [0.1, 0.15) is 21.6 Å². The molecule has 0 atom stereocenters. The normalized spacial score (nSPS) is 10.2. The van der Waals surface area contributed by atoms with E-state index in [2.05, 4.69) is 22.4 Å². The molecular weight excluding hydrogens is 250 g/mol. The van der Waals surface area contributed by atoms with Gasteiger partial charge in [-0.25, -0.2) is 4.98 Å². The van der Waals surface area contributed by atoms with Gasteiger partial charge < -0.3 is 10.2 Å². The molecule has 0 bridgehead atoms. The van der Waals surface area contributed by atoms with E-state index in [1.807, 2.05) is 25.1 Å². The SMILES string of the molecule is Cc1cc(C(=O)N(C)C)cc(NCc2ccccc2)n1. The molecule has 104 valence electrons. The van der Waals surface area contributed by atoms with Gasteiger partial charge in [-0.05, 0) is 24.6 Å². The van der Waals surface area contributed by atoms with E-state index >= 15 is 0 Å². The van der Waals surface area contributed by atoms with E-state index in [-0.39, 0.29) is 5.91 Å². The molecule has 1 aromatic carbocycles. The number of nitrogens with zero attached hydrogens (tertiary/aromatic N) is 2. The molecule has 4 nitrogen and oxygen atoms in total. The molecular formula is C16H19N3O. The van der Waals surface area contributed by atoms with Gasteiger partial charge in [-0.1, -0.05) is 30.3 Å². The first kappa shape index (κ1) is 14.1. The maximum absolute atomic E-state index is 12.0. The number of aromatic nitrogens is 1. The van der Waals surface area contributed by atoms with Gasteiger partial charge in [0, 0.05) is 31.9 Å². The number of aryl methyl sites for hydroxylation is 1. The summed E-state index contributed by atoms with van der Waals surface area (Å²) in [4.78, 5) is 18.0. The second-order valence-electron chi connectivity index (χ2n) is 4.92. The van der Waals surface area contributed by atoms with E-state index in [1.165, 1.54) is 5.56 Å². The molecule has 0 spiro atoms. The number of hydrogen-bond acceptors (Lipinski definition) is 3. The van der Waals surface area contributed by atoms with E-state index in [1.54, 1.807) is 31.1 Å². The van der Waals surface area contributed by atoms with Crippen LogP contribution in [-0.2, 0) is 6.54 Å². The molecule has 0 saturated heterocycles. The Labute approximate surface area is 119 Å². The first-order valence-corrected chi connectivity index (χ1v) is 6.54. The second-order valence-corrected chi connectivity index (χ2v) is 4.92. The molecule has 0 aliphatic carbocycles. The van der Waals surface area contributed by atoms with Gasteiger partial charge in [0.25, 0.3) is 5.91 Å². The summed E-state index contributed by atoms with van der Waals surface area (Å²) in [6.07, 6.45) is 0. The zero-order chi connectivity index (χ0) is 14.5. The zero-order valence-electron chi connectivity index (χ0n) is 12.1. The average molecular weight is 269 g/mol. The Hall–Kier alpha value is -2.36. The van der Waals surface area contributed by atoms with Crippen LogP contribution in [0, 0.1) is 6.92 Å². The molecule has 0 aliphatic heterocycles. The van der Waals surface area contributed by atoms with Crippen LogP contribution in [0.3, 0.4) is 0 Å². The van der Waals surface area contributed by atoms with Gasteiger partial charge in [0.2, 0.25) is 0 Å². The van der Waals surface area contributed by atoms with E-state index in [4.69, 9.17) is 0 Å². The highest BCUT2D eigenvalue weighted by molar-refractivity contribution is 5.94. The maximum atomic E-state index is 12.0. The third-order valence-corrected chi connectivity index (χ3v) is 2.92. The van der Waals surface area contributed by atoms with Crippen LogP contribution in [0.2, 0.25) is 0 Å². The summed E-state index contributed by atoms with van der Waals surface area (Å²) in [7, 11) is 3.49. The van der Waals surface area contributed by atoms with Crippen molar-refractivity contribution in [3.8, 4) is 0 Å². The fraction of sp³-hybridized carbons (Fsp3) is 0.250. The molecule has 1 amide bonds. The molecule has 2 aromatic rings. The summed E-state index contributed by atoms with van der Waals surface area (Å²) >= 11 is 0. The van der Waals surface area contributed by atoms with E-state index in [0.29, 0.717) is 12.1 Å². The highest BCUT2D eigenvalue weighted by Crippen LogP contribution is 2.13. The van der Waals surface area contributed by atoms with Crippen LogP contribution in [-0.4, -0.2) is 29.9 Å². The van der Waals surface area contributed by atoms with Crippen molar-refractivity contribution < 1.29 is 4.79 Å². The second kappa shape index (κ2) is 6.19. The topological polar surface area (TPSA) is 45.2 Å². The van der Waals surface area contributed by atoms with Crippen molar-refractivity contribution in [2.24, 2.45) is 0 Å². The van der Waals surface area contributed by atoms with Crippen LogP contribution >= 0.6 is 0 Å². The molecule has 1 aromatic heterocycles. The molecule has 20 heavy (non-hydrogen) atoms. The minimum atomic E-state index is -0.0155. The largest absolute Gasteiger partial charge is 0.366 e. The Morgan fingerprint density at radius 3 is 2.55 bits per heavy atom. The number of anilines is 1. The van der Waals surface area contributed by atoms with Crippen molar-refractivity contribution in [2.45, 2.75) is 13.5 Å². The summed E-state index contributed by atoms with van der Waals surface area (Å²) in [6.45, 7) is 2.58. The Balaban J connectivity index is 2.14. The van der Waals surface area contributed by atoms with Gasteiger partial charge in [-0.2, -0.15) is 0 Å². The average Bonchev–Trinajstić information content (AvgIpc) is 2.44. The quantitative estimate of drug-likeness (QED) is 0.928. The third-order valence-electron chi connectivity index (χ3n) is 2.92. The minimum Gasteiger partial charge on any atom is -0.366 e. The minimum absolute atomic E-state index is 0.0155. The summed E-state index contributed by atoms with van der Waals surface area (Å²) in [5.74, 6) is 0.706. The van der Waals surface area contributed by atoms with E-state index < -0.39 is 0 Å². The summed E-state index contributed by atoms with van der Waals surface area (Å²) in [5, 5.41) is 3.25. The van der Waals surface area contributed by atoms with Crippen LogP contribution < -0.4 is 5.32 Å². The van der Waals surface area contributed by atoms with Crippen LogP contribution in [0.15, 0.2) is 42.5 Å². The van der Waals surface area contributed by atoms with Gasteiger partial charge in [0.1, 0.15) is 5.82 Å². The standard InChI is InChI=1S/C16H19N3O/c1-12-9-14(16(20)19(2)3)10-15(18-12)17-11-13-7-5-4-6-8-13/h4-10H,11H2,1-3H3,(H,17,18). The first-order valence-electron chi connectivity index (χ1n) is 6.54. The van der Waals surface area contributed by atoms with Crippen LogP contribution in [0.5, 0.6) is 0 Å². The molecule has 4 heteroatoms. The predicted octanol–water partition coefficient (Wildman–Crippen LogP) is 2.70. The number of hydrogen-bond donors (Lipinski definition) is 1. The van der Waals surface area contributed by atoms with Crippen molar-refractivity contribution >= 4 is 11.7 Å². The lowest BCUT2D eigenvalue weighted by Gasteiger charge is -2.13. The Kier molecular flexibility index (Phi) is 4.35. The number of benzene rings is 1. The number of rotatable bonds is 4. The monoisotopic (exact) mass is 269 g/mol. The smallest absolute Gasteiger partial charge is 0.253 e. The van der Waals surface area contributed by atoms with Gasteiger partial charge in [-0.3, -0.25) is 4.79 Å². The number of nitrogens with one attached hydrogen (secondary N) is 1. The van der Waals surface area contributed by atoms with E-state index in [9.17, 15) is 4.79 Å². The van der Waals surface area contributed by atoms with Crippen LogP contribution in [0.25, 0.3) is 0 Å². The van der Waals surface area contributed by atoms with Gasteiger partial charge in [-0.15, -0.1) is 0 Å². The lowest BCUT2D eigenvalue weighted by Crippen LogP contribution is -2.22. The molecule has 1 N–H and O–H groups in total. The Morgan fingerprint density at radius 2 is 1.90 bits per heavy atom. The molecule has 2 rings (SSSR count). The number of carbonyl (C=O) groups is 1. The highest BCUT2D eigenvalue weighted by atomic mass is 16.2. The van der Waals surface area contributed by atoms with E-state index in [0.717, 1.165) is 11.5 Å². The van der Waals surface area contributed by atoms with Crippen molar-refractivity contribution in [3.05, 3.63) is 59.3 Å². The highest BCUT2D eigenvalue weighted by Gasteiger charge is 2.10. The molecule has 0 aliphatic rings. The number of pyridine rings is 1. The van der Waals surface area contributed by atoms with Crippen molar-refractivity contribution in [2.75, 3.05) is 19.4 Å². The number of carbonyl (C=O) groups excluding carboxylic acids is 1.